The molecule has 1 N–H and O–H groups in total. The Morgan fingerprint density at radius 1 is 1.59 bits per heavy atom. The minimum Gasteiger partial charge on any atom is -0.340 e. The summed E-state index contributed by atoms with van der Waals surface area (Å²) in [6.07, 6.45) is 1.51. The van der Waals surface area contributed by atoms with E-state index in [1.165, 1.54) is 4.88 Å². The van der Waals surface area contributed by atoms with E-state index in [4.69, 9.17) is 0 Å². The van der Waals surface area contributed by atoms with Crippen LogP contribution in [0.15, 0.2) is 17.5 Å². The van der Waals surface area contributed by atoms with Gasteiger partial charge >= 0.3 is 0 Å². The molecule has 0 radical (unpaired) electrons. The molecule has 1 fully saturated rings. The first-order valence-corrected chi connectivity index (χ1v) is 7.00. The van der Waals surface area contributed by atoms with Crippen LogP contribution in [-0.4, -0.2) is 36.0 Å². The largest absolute Gasteiger partial charge is 0.340 e. The quantitative estimate of drug-likeness (QED) is 0.891. The number of carbonyl (C=O) groups excluding carboxylic acids is 1. The standard InChI is InChI=1S/C13H20N2OS/c1-13(2)10-15(8-7-14-13)12(16)6-5-11-4-3-9-17-11/h3-4,9,14H,5-8,10H2,1-2H3. The van der Waals surface area contributed by atoms with Crippen molar-refractivity contribution in [2.24, 2.45) is 0 Å². The van der Waals surface area contributed by atoms with Crippen molar-refractivity contribution in [3.05, 3.63) is 22.4 Å². The predicted octanol–water partition coefficient (Wildman–Crippen LogP) is 1.89. The van der Waals surface area contributed by atoms with Crippen molar-refractivity contribution >= 4 is 17.2 Å². The fourth-order valence-electron chi connectivity index (χ4n) is 2.20. The molecule has 17 heavy (non-hydrogen) atoms. The van der Waals surface area contributed by atoms with Crippen molar-refractivity contribution in [1.29, 1.82) is 0 Å². The maximum Gasteiger partial charge on any atom is 0.223 e. The Morgan fingerprint density at radius 2 is 2.41 bits per heavy atom. The van der Waals surface area contributed by atoms with Crippen molar-refractivity contribution in [3.8, 4) is 0 Å². The lowest BCUT2D eigenvalue weighted by molar-refractivity contribution is -0.133. The molecule has 0 saturated carbocycles. The Balaban J connectivity index is 1.83. The summed E-state index contributed by atoms with van der Waals surface area (Å²) in [5.41, 5.74) is 0.0524. The van der Waals surface area contributed by atoms with Crippen LogP contribution in [0.5, 0.6) is 0 Å². The zero-order valence-corrected chi connectivity index (χ0v) is 11.3. The normalized spacial score (nSPS) is 19.3. The Morgan fingerprint density at radius 3 is 3.06 bits per heavy atom. The van der Waals surface area contributed by atoms with Crippen molar-refractivity contribution in [2.45, 2.75) is 32.2 Å². The lowest BCUT2D eigenvalue weighted by Crippen LogP contribution is -2.58. The van der Waals surface area contributed by atoms with Gasteiger partial charge in [-0.15, -0.1) is 11.3 Å². The third kappa shape index (κ3) is 3.54. The number of rotatable bonds is 3. The molecule has 0 aromatic carbocycles. The van der Waals surface area contributed by atoms with Crippen LogP contribution in [-0.2, 0) is 11.2 Å². The fourth-order valence-corrected chi connectivity index (χ4v) is 2.91. The molecule has 0 bridgehead atoms. The smallest absolute Gasteiger partial charge is 0.223 e. The van der Waals surface area contributed by atoms with Crippen molar-refractivity contribution in [1.82, 2.24) is 10.2 Å². The lowest BCUT2D eigenvalue weighted by Gasteiger charge is -2.39. The highest BCUT2D eigenvalue weighted by Crippen LogP contribution is 2.14. The van der Waals surface area contributed by atoms with Gasteiger partial charge in [0.15, 0.2) is 0 Å². The first-order valence-electron chi connectivity index (χ1n) is 6.12. The van der Waals surface area contributed by atoms with E-state index in [-0.39, 0.29) is 11.4 Å². The molecule has 0 spiro atoms. The van der Waals surface area contributed by atoms with Gasteiger partial charge in [0.2, 0.25) is 5.91 Å². The number of nitrogens with zero attached hydrogens (tertiary/aromatic N) is 1. The van der Waals surface area contributed by atoms with Crippen LogP contribution in [0.1, 0.15) is 25.1 Å². The van der Waals surface area contributed by atoms with Gasteiger partial charge < -0.3 is 10.2 Å². The van der Waals surface area contributed by atoms with E-state index < -0.39 is 0 Å². The molecule has 0 unspecified atom stereocenters. The SMILES string of the molecule is CC1(C)CN(C(=O)CCc2cccs2)CCN1. The van der Waals surface area contributed by atoms with Gasteiger partial charge in [-0.3, -0.25) is 4.79 Å². The molecule has 0 aliphatic carbocycles. The average Bonchev–Trinajstić information content (AvgIpc) is 2.77. The maximum absolute atomic E-state index is 12.1. The summed E-state index contributed by atoms with van der Waals surface area (Å²) in [7, 11) is 0. The van der Waals surface area contributed by atoms with Crippen LogP contribution in [0.3, 0.4) is 0 Å². The highest BCUT2D eigenvalue weighted by Gasteiger charge is 2.28. The van der Waals surface area contributed by atoms with E-state index in [1.54, 1.807) is 11.3 Å². The van der Waals surface area contributed by atoms with Gasteiger partial charge in [-0.05, 0) is 31.7 Å². The summed E-state index contributed by atoms with van der Waals surface area (Å²) in [6, 6.07) is 4.14. The van der Waals surface area contributed by atoms with Gasteiger partial charge in [-0.2, -0.15) is 0 Å². The summed E-state index contributed by atoms with van der Waals surface area (Å²) < 4.78 is 0. The summed E-state index contributed by atoms with van der Waals surface area (Å²) >= 11 is 1.73. The zero-order valence-electron chi connectivity index (χ0n) is 10.5. The van der Waals surface area contributed by atoms with Crippen molar-refractivity contribution in [3.63, 3.8) is 0 Å². The molecular weight excluding hydrogens is 232 g/mol. The molecule has 2 rings (SSSR count). The molecule has 2 heterocycles. The second-order valence-corrected chi connectivity index (χ2v) is 6.24. The fraction of sp³-hybridized carbons (Fsp3) is 0.615. The van der Waals surface area contributed by atoms with Crippen molar-refractivity contribution in [2.75, 3.05) is 19.6 Å². The molecule has 1 aromatic rings. The molecular formula is C13H20N2OS. The third-order valence-electron chi connectivity index (χ3n) is 3.09. The third-order valence-corrected chi connectivity index (χ3v) is 4.03. The predicted molar refractivity (Wildman–Crippen MR) is 71.3 cm³/mol. The number of aryl methyl sites for hydroxylation is 1. The number of amides is 1. The summed E-state index contributed by atoms with van der Waals surface area (Å²) in [5.74, 6) is 0.285. The molecule has 94 valence electrons. The minimum absolute atomic E-state index is 0.0524. The van der Waals surface area contributed by atoms with E-state index in [0.717, 1.165) is 26.1 Å². The second kappa shape index (κ2) is 5.19. The van der Waals surface area contributed by atoms with Gasteiger partial charge in [0.05, 0.1) is 0 Å². The minimum atomic E-state index is 0.0524. The van der Waals surface area contributed by atoms with Gasteiger partial charge in [-0.1, -0.05) is 6.07 Å². The molecule has 1 aromatic heterocycles. The van der Waals surface area contributed by atoms with Crippen LogP contribution in [0.4, 0.5) is 0 Å². The Hall–Kier alpha value is -0.870. The maximum atomic E-state index is 12.1. The number of carbonyl (C=O) groups is 1. The highest BCUT2D eigenvalue weighted by molar-refractivity contribution is 7.09. The molecule has 0 atom stereocenters. The van der Waals surface area contributed by atoms with E-state index in [0.29, 0.717) is 6.42 Å². The Labute approximate surface area is 107 Å². The van der Waals surface area contributed by atoms with Crippen LogP contribution in [0, 0.1) is 0 Å². The highest BCUT2D eigenvalue weighted by atomic mass is 32.1. The van der Waals surface area contributed by atoms with E-state index >= 15 is 0 Å². The topological polar surface area (TPSA) is 32.3 Å². The molecule has 1 aliphatic heterocycles. The first kappa shape index (κ1) is 12.6. The van der Waals surface area contributed by atoms with E-state index in [2.05, 4.69) is 30.6 Å². The molecule has 1 aliphatic rings. The number of hydrogen-bond donors (Lipinski definition) is 1. The van der Waals surface area contributed by atoms with Gasteiger partial charge in [0, 0.05) is 36.5 Å². The van der Waals surface area contributed by atoms with E-state index in [1.807, 2.05) is 11.0 Å². The number of nitrogens with one attached hydrogen (secondary N) is 1. The number of thiophene rings is 1. The monoisotopic (exact) mass is 252 g/mol. The van der Waals surface area contributed by atoms with Gasteiger partial charge in [0.1, 0.15) is 0 Å². The molecule has 3 nitrogen and oxygen atoms in total. The van der Waals surface area contributed by atoms with Crippen LogP contribution < -0.4 is 5.32 Å². The van der Waals surface area contributed by atoms with Crippen LogP contribution >= 0.6 is 11.3 Å². The van der Waals surface area contributed by atoms with Crippen molar-refractivity contribution < 1.29 is 4.79 Å². The van der Waals surface area contributed by atoms with E-state index in [9.17, 15) is 4.79 Å². The lowest BCUT2D eigenvalue weighted by atomic mass is 10.0. The second-order valence-electron chi connectivity index (χ2n) is 5.21. The Kier molecular flexibility index (Phi) is 3.84. The number of hydrogen-bond acceptors (Lipinski definition) is 3. The Bertz CT molecular complexity index is 373. The zero-order chi connectivity index (χ0) is 12.3. The average molecular weight is 252 g/mol. The van der Waals surface area contributed by atoms with Gasteiger partial charge in [-0.25, -0.2) is 0 Å². The molecule has 4 heteroatoms. The molecule has 1 saturated heterocycles. The first-order chi connectivity index (χ1) is 8.07. The summed E-state index contributed by atoms with van der Waals surface area (Å²) in [6.45, 7) is 6.85. The van der Waals surface area contributed by atoms with Gasteiger partial charge in [0.25, 0.3) is 0 Å². The summed E-state index contributed by atoms with van der Waals surface area (Å²) in [5, 5.41) is 5.48. The summed E-state index contributed by atoms with van der Waals surface area (Å²) in [4.78, 5) is 15.4. The molecule has 1 amide bonds. The van der Waals surface area contributed by atoms with Crippen LogP contribution in [0.2, 0.25) is 0 Å². The number of piperazine rings is 1. The van der Waals surface area contributed by atoms with Crippen LogP contribution in [0.25, 0.3) is 0 Å².